The van der Waals surface area contributed by atoms with E-state index < -0.39 is 0 Å². The van der Waals surface area contributed by atoms with Gasteiger partial charge in [-0.3, -0.25) is 4.79 Å². The molecule has 0 aliphatic heterocycles. The highest BCUT2D eigenvalue weighted by molar-refractivity contribution is 5.96. The summed E-state index contributed by atoms with van der Waals surface area (Å²) in [7, 11) is 0. The molecular weight excluding hydrogens is 256 g/mol. The molecule has 2 aromatic rings. The van der Waals surface area contributed by atoms with E-state index in [9.17, 15) is 9.90 Å². The lowest BCUT2D eigenvalue weighted by atomic mass is 10.2. The smallest absolute Gasteiger partial charge is 0.255 e. The van der Waals surface area contributed by atoms with Gasteiger partial charge in [0.25, 0.3) is 5.91 Å². The molecule has 0 atom stereocenters. The Bertz CT molecular complexity index is 599. The van der Waals surface area contributed by atoms with Crippen LogP contribution < -0.4 is 10.1 Å². The third-order valence-corrected chi connectivity index (χ3v) is 2.72. The molecule has 0 saturated carbocycles. The van der Waals surface area contributed by atoms with Crippen molar-refractivity contribution in [1.29, 1.82) is 0 Å². The van der Waals surface area contributed by atoms with Crippen molar-refractivity contribution < 1.29 is 14.6 Å². The van der Waals surface area contributed by atoms with Gasteiger partial charge in [-0.05, 0) is 25.1 Å². The van der Waals surface area contributed by atoms with Gasteiger partial charge >= 0.3 is 0 Å². The summed E-state index contributed by atoms with van der Waals surface area (Å²) in [4.78, 5) is 16.1. The van der Waals surface area contributed by atoms with Crippen molar-refractivity contribution in [2.45, 2.75) is 13.5 Å². The zero-order chi connectivity index (χ0) is 14.4. The maximum Gasteiger partial charge on any atom is 0.255 e. The van der Waals surface area contributed by atoms with Crippen molar-refractivity contribution in [3.05, 3.63) is 53.7 Å². The fraction of sp³-hybridized carbons (Fsp3) is 0.200. The maximum atomic E-state index is 12.0. The van der Waals surface area contributed by atoms with Gasteiger partial charge in [0.15, 0.2) is 0 Å². The molecule has 0 unspecified atom stereocenters. The van der Waals surface area contributed by atoms with Gasteiger partial charge < -0.3 is 15.2 Å². The van der Waals surface area contributed by atoms with E-state index in [0.29, 0.717) is 12.5 Å². The van der Waals surface area contributed by atoms with Gasteiger partial charge in [-0.1, -0.05) is 18.2 Å². The normalized spacial score (nSPS) is 10.1. The first-order chi connectivity index (χ1) is 9.72. The van der Waals surface area contributed by atoms with Gasteiger partial charge in [-0.25, -0.2) is 4.98 Å². The first kappa shape index (κ1) is 13.9. The first-order valence-corrected chi connectivity index (χ1v) is 6.35. The van der Waals surface area contributed by atoms with E-state index in [0.717, 1.165) is 5.56 Å². The molecular formula is C15H16N2O3. The SMILES string of the molecule is CCOc1ncccc1CNC(=O)c1ccccc1O. The van der Waals surface area contributed by atoms with Crippen molar-refractivity contribution in [3.8, 4) is 11.6 Å². The van der Waals surface area contributed by atoms with Crippen LogP contribution in [0.3, 0.4) is 0 Å². The number of rotatable bonds is 5. The molecule has 0 spiro atoms. The Morgan fingerprint density at radius 3 is 2.85 bits per heavy atom. The molecule has 104 valence electrons. The van der Waals surface area contributed by atoms with Crippen molar-refractivity contribution in [3.63, 3.8) is 0 Å². The monoisotopic (exact) mass is 272 g/mol. The largest absolute Gasteiger partial charge is 0.507 e. The molecule has 0 radical (unpaired) electrons. The van der Waals surface area contributed by atoms with E-state index in [4.69, 9.17) is 4.74 Å². The Hall–Kier alpha value is -2.56. The predicted molar refractivity (Wildman–Crippen MR) is 74.7 cm³/mol. The van der Waals surface area contributed by atoms with Gasteiger partial charge in [-0.15, -0.1) is 0 Å². The third-order valence-electron chi connectivity index (χ3n) is 2.72. The summed E-state index contributed by atoms with van der Waals surface area (Å²) in [6.45, 7) is 2.67. The van der Waals surface area contributed by atoms with E-state index in [1.807, 2.05) is 13.0 Å². The highest BCUT2D eigenvalue weighted by Crippen LogP contribution is 2.17. The number of carbonyl (C=O) groups excluding carboxylic acids is 1. The Balaban J connectivity index is 2.06. The zero-order valence-electron chi connectivity index (χ0n) is 11.2. The molecule has 2 rings (SSSR count). The fourth-order valence-electron chi connectivity index (χ4n) is 1.76. The average Bonchev–Trinajstić information content (AvgIpc) is 2.47. The second-order valence-electron chi connectivity index (χ2n) is 4.10. The molecule has 5 nitrogen and oxygen atoms in total. The number of hydrogen-bond acceptors (Lipinski definition) is 4. The van der Waals surface area contributed by atoms with Crippen molar-refractivity contribution >= 4 is 5.91 Å². The van der Waals surface area contributed by atoms with Crippen LogP contribution in [0.25, 0.3) is 0 Å². The van der Waals surface area contributed by atoms with Gasteiger partial charge in [0.05, 0.1) is 12.2 Å². The van der Waals surface area contributed by atoms with Crippen LogP contribution in [0.1, 0.15) is 22.8 Å². The number of carbonyl (C=O) groups is 1. The van der Waals surface area contributed by atoms with Crippen LogP contribution in [-0.4, -0.2) is 22.6 Å². The van der Waals surface area contributed by atoms with E-state index in [2.05, 4.69) is 10.3 Å². The Labute approximate surface area is 117 Å². The minimum absolute atomic E-state index is 0.0405. The third kappa shape index (κ3) is 3.26. The minimum Gasteiger partial charge on any atom is -0.507 e. The molecule has 0 aliphatic carbocycles. The van der Waals surface area contributed by atoms with Crippen LogP contribution in [0, 0.1) is 0 Å². The number of aromatic hydroxyl groups is 1. The Morgan fingerprint density at radius 1 is 1.30 bits per heavy atom. The lowest BCUT2D eigenvalue weighted by Gasteiger charge is -2.10. The minimum atomic E-state index is -0.339. The molecule has 0 bridgehead atoms. The predicted octanol–water partition coefficient (Wildman–Crippen LogP) is 2.12. The topological polar surface area (TPSA) is 71.5 Å². The summed E-state index contributed by atoms with van der Waals surface area (Å²) in [6, 6.07) is 10.0. The van der Waals surface area contributed by atoms with Crippen LogP contribution in [0.15, 0.2) is 42.6 Å². The van der Waals surface area contributed by atoms with Gasteiger partial charge in [0.2, 0.25) is 5.88 Å². The maximum absolute atomic E-state index is 12.0. The van der Waals surface area contributed by atoms with E-state index in [-0.39, 0.29) is 23.8 Å². The van der Waals surface area contributed by atoms with E-state index in [1.54, 1.807) is 30.5 Å². The average molecular weight is 272 g/mol. The second kappa shape index (κ2) is 6.56. The Kier molecular flexibility index (Phi) is 4.55. The quantitative estimate of drug-likeness (QED) is 0.874. The second-order valence-corrected chi connectivity index (χ2v) is 4.10. The summed E-state index contributed by atoms with van der Waals surface area (Å²) < 4.78 is 5.39. The zero-order valence-corrected chi connectivity index (χ0v) is 11.2. The molecule has 20 heavy (non-hydrogen) atoms. The van der Waals surface area contributed by atoms with Gasteiger partial charge in [-0.2, -0.15) is 0 Å². The number of pyridine rings is 1. The molecule has 5 heteroatoms. The van der Waals surface area contributed by atoms with Gasteiger partial charge in [0, 0.05) is 18.3 Å². The Morgan fingerprint density at radius 2 is 2.10 bits per heavy atom. The number of phenolic OH excluding ortho intramolecular Hbond substituents is 1. The molecule has 0 aliphatic rings. The standard InChI is InChI=1S/C15H16N2O3/c1-2-20-15-11(6-5-9-16-15)10-17-14(19)12-7-3-4-8-13(12)18/h3-9,18H,2,10H2,1H3,(H,17,19). The van der Waals surface area contributed by atoms with Crippen LogP contribution >= 0.6 is 0 Å². The first-order valence-electron chi connectivity index (χ1n) is 6.35. The van der Waals surface area contributed by atoms with Crippen LogP contribution in [0.4, 0.5) is 0 Å². The molecule has 0 saturated heterocycles. The summed E-state index contributed by atoms with van der Waals surface area (Å²) in [6.07, 6.45) is 1.64. The number of benzene rings is 1. The van der Waals surface area contributed by atoms with Crippen LogP contribution in [-0.2, 0) is 6.54 Å². The molecule has 1 aromatic carbocycles. The summed E-state index contributed by atoms with van der Waals surface area (Å²) in [5, 5.41) is 12.4. The molecule has 1 aromatic heterocycles. The number of amides is 1. The molecule has 0 fully saturated rings. The van der Waals surface area contributed by atoms with Gasteiger partial charge in [0.1, 0.15) is 5.75 Å². The van der Waals surface area contributed by atoms with Crippen molar-refractivity contribution in [1.82, 2.24) is 10.3 Å². The van der Waals surface area contributed by atoms with Crippen LogP contribution in [0.2, 0.25) is 0 Å². The van der Waals surface area contributed by atoms with Crippen LogP contribution in [0.5, 0.6) is 11.6 Å². The fourth-order valence-corrected chi connectivity index (χ4v) is 1.76. The lowest BCUT2D eigenvalue weighted by molar-refractivity contribution is 0.0948. The highest BCUT2D eigenvalue weighted by Gasteiger charge is 2.11. The number of para-hydroxylation sites is 1. The highest BCUT2D eigenvalue weighted by atomic mass is 16.5. The summed E-state index contributed by atoms with van der Waals surface area (Å²) in [5.41, 5.74) is 1.03. The summed E-state index contributed by atoms with van der Waals surface area (Å²) >= 11 is 0. The summed E-state index contributed by atoms with van der Waals surface area (Å²) in [5.74, 6) is 0.128. The number of ether oxygens (including phenoxy) is 1. The molecule has 1 amide bonds. The number of aromatic nitrogens is 1. The number of nitrogens with zero attached hydrogens (tertiary/aromatic N) is 1. The number of phenols is 1. The van der Waals surface area contributed by atoms with E-state index >= 15 is 0 Å². The van der Waals surface area contributed by atoms with E-state index in [1.165, 1.54) is 6.07 Å². The number of nitrogens with one attached hydrogen (secondary N) is 1. The van der Waals surface area contributed by atoms with Crippen molar-refractivity contribution in [2.24, 2.45) is 0 Å². The van der Waals surface area contributed by atoms with Crippen molar-refractivity contribution in [2.75, 3.05) is 6.61 Å². The molecule has 2 N–H and O–H groups in total. The lowest BCUT2D eigenvalue weighted by Crippen LogP contribution is -2.23. The number of hydrogen-bond donors (Lipinski definition) is 2. The molecule has 1 heterocycles.